The van der Waals surface area contributed by atoms with Crippen LogP contribution in [0.3, 0.4) is 0 Å². The van der Waals surface area contributed by atoms with E-state index in [9.17, 15) is 30.0 Å². The molecule has 1 aromatic heterocycles. The van der Waals surface area contributed by atoms with Crippen molar-refractivity contribution in [1.29, 1.82) is 0 Å². The van der Waals surface area contributed by atoms with Crippen molar-refractivity contribution in [3.05, 3.63) is 76.0 Å². The monoisotopic (exact) mass is 532 g/mol. The summed E-state index contributed by atoms with van der Waals surface area (Å²) < 4.78 is 22.7. The average Bonchev–Trinajstić information content (AvgIpc) is 2.90. The number of hydrogen-bond acceptors (Lipinski definition) is 10. The summed E-state index contributed by atoms with van der Waals surface area (Å²) in [6.07, 6.45) is -0.126. The van der Waals surface area contributed by atoms with Crippen molar-refractivity contribution >= 4 is 16.9 Å². The van der Waals surface area contributed by atoms with Crippen LogP contribution in [0.15, 0.2) is 63.8 Å². The summed E-state index contributed by atoms with van der Waals surface area (Å²) in [6.45, 7) is 5.88. The molecule has 200 valence electrons. The maximum Gasteiger partial charge on any atom is 0.312 e. The first kappa shape index (κ1) is 25.5. The van der Waals surface area contributed by atoms with Crippen LogP contribution in [-0.4, -0.2) is 40.1 Å². The van der Waals surface area contributed by atoms with Crippen LogP contribution in [0.5, 0.6) is 40.2 Å². The number of rotatable bonds is 6. The molecule has 0 fully saturated rings. The number of ether oxygens (including phenoxy) is 3. The summed E-state index contributed by atoms with van der Waals surface area (Å²) in [5.74, 6) is -3.02. The van der Waals surface area contributed by atoms with Crippen LogP contribution in [0.25, 0.3) is 22.3 Å². The highest BCUT2D eigenvalue weighted by Crippen LogP contribution is 2.48. The third-order valence-corrected chi connectivity index (χ3v) is 6.37. The largest absolute Gasteiger partial charge is 0.507 e. The van der Waals surface area contributed by atoms with Crippen LogP contribution in [-0.2, 0) is 4.79 Å². The number of methoxy groups -OCH3 is 1. The predicted octanol–water partition coefficient (Wildman–Crippen LogP) is 4.69. The molecule has 0 saturated heterocycles. The van der Waals surface area contributed by atoms with Crippen LogP contribution in [0.2, 0.25) is 0 Å². The molecule has 3 aromatic carbocycles. The third kappa shape index (κ3) is 4.46. The summed E-state index contributed by atoms with van der Waals surface area (Å²) in [6, 6.07) is 9.85. The Labute approximate surface area is 221 Å². The molecule has 10 heteroatoms. The molecule has 1 aliphatic heterocycles. The van der Waals surface area contributed by atoms with Gasteiger partial charge in [0.25, 0.3) is 0 Å². The number of aromatic hydroxyl groups is 4. The number of phenolic OH excluding ortho intramolecular Hbond substituents is 3. The molecule has 4 N–H and O–H groups in total. The lowest BCUT2D eigenvalue weighted by atomic mass is 9.85. The maximum absolute atomic E-state index is 13.2. The van der Waals surface area contributed by atoms with Crippen molar-refractivity contribution < 1.29 is 43.8 Å². The Morgan fingerprint density at radius 2 is 1.77 bits per heavy atom. The number of fused-ring (bicyclic) bond motifs is 3. The second-order valence-corrected chi connectivity index (χ2v) is 9.21. The van der Waals surface area contributed by atoms with E-state index < -0.39 is 40.3 Å². The van der Waals surface area contributed by atoms with Gasteiger partial charge in [0, 0.05) is 23.1 Å². The van der Waals surface area contributed by atoms with Gasteiger partial charge in [-0.1, -0.05) is 12.6 Å². The number of benzene rings is 3. The van der Waals surface area contributed by atoms with Gasteiger partial charge < -0.3 is 39.1 Å². The molecule has 0 unspecified atom stereocenters. The molecule has 4 aromatic rings. The van der Waals surface area contributed by atoms with Crippen molar-refractivity contribution in [2.24, 2.45) is 0 Å². The molecule has 5 rings (SSSR count). The Bertz CT molecular complexity index is 1720. The van der Waals surface area contributed by atoms with Crippen molar-refractivity contribution in [2.75, 3.05) is 13.7 Å². The molecule has 0 amide bonds. The molecule has 10 nitrogen and oxygen atoms in total. The molecule has 39 heavy (non-hydrogen) atoms. The van der Waals surface area contributed by atoms with Gasteiger partial charge in [0.2, 0.25) is 11.2 Å². The van der Waals surface area contributed by atoms with E-state index in [0.29, 0.717) is 22.6 Å². The van der Waals surface area contributed by atoms with Gasteiger partial charge in [0.05, 0.1) is 13.5 Å². The van der Waals surface area contributed by atoms with Gasteiger partial charge in [-0.2, -0.15) is 0 Å². The van der Waals surface area contributed by atoms with Gasteiger partial charge in [-0.15, -0.1) is 0 Å². The van der Waals surface area contributed by atoms with Gasteiger partial charge in [-0.05, 0) is 48.4 Å². The molecule has 1 aliphatic rings. The first-order chi connectivity index (χ1) is 18.6. The minimum absolute atomic E-state index is 0.0187. The van der Waals surface area contributed by atoms with Gasteiger partial charge >= 0.3 is 5.97 Å². The Balaban J connectivity index is 1.77. The van der Waals surface area contributed by atoms with Crippen LogP contribution < -0.4 is 19.6 Å². The number of esters is 1. The standard InChI is InChI=1S/C29H24O10/c1-13(2)12-37-21-9-14(5-7-20(21)36-3)16-10-23(33)38-22-11-19(32)25-26(34)27(35)28(39-29(25)24(16)22)15-4-6-17(30)18(31)8-15/h4-9,11,16,30-32,35H,1,10,12H2,2-3H3/t16-/m1/s1. The van der Waals surface area contributed by atoms with Crippen molar-refractivity contribution in [1.82, 2.24) is 0 Å². The first-order valence-corrected chi connectivity index (χ1v) is 11.8. The van der Waals surface area contributed by atoms with E-state index >= 15 is 0 Å². The van der Waals surface area contributed by atoms with Gasteiger partial charge in [-0.3, -0.25) is 9.59 Å². The Morgan fingerprint density at radius 3 is 2.46 bits per heavy atom. The SMILES string of the molecule is C=C(C)COc1cc([C@H]2CC(=O)Oc3cc(O)c4c(=O)c(O)c(-c5ccc(O)c(O)c5)oc4c32)ccc1OC. The third-order valence-electron chi connectivity index (χ3n) is 6.37. The summed E-state index contributed by atoms with van der Waals surface area (Å²) in [5.41, 5.74) is 0.716. The van der Waals surface area contributed by atoms with E-state index in [-0.39, 0.29) is 41.1 Å². The second-order valence-electron chi connectivity index (χ2n) is 9.21. The number of carbonyl (C=O) groups is 1. The maximum atomic E-state index is 13.2. The van der Waals surface area contributed by atoms with E-state index in [2.05, 4.69) is 6.58 Å². The lowest BCUT2D eigenvalue weighted by molar-refractivity contribution is -0.135. The molecule has 2 heterocycles. The fraction of sp³-hybridized carbons (Fsp3) is 0.172. The molecule has 0 saturated carbocycles. The normalized spacial score (nSPS) is 14.5. The van der Waals surface area contributed by atoms with E-state index in [1.54, 1.807) is 18.2 Å². The van der Waals surface area contributed by atoms with Crippen molar-refractivity contribution in [2.45, 2.75) is 19.3 Å². The smallest absolute Gasteiger partial charge is 0.312 e. The molecular formula is C29H24O10. The average molecular weight is 533 g/mol. The molecule has 0 aliphatic carbocycles. The molecule has 1 atom stereocenters. The zero-order valence-electron chi connectivity index (χ0n) is 21.0. The van der Waals surface area contributed by atoms with Crippen LogP contribution in [0.4, 0.5) is 0 Å². The molecule has 0 bridgehead atoms. The number of hydrogen-bond donors (Lipinski definition) is 4. The fourth-order valence-electron chi connectivity index (χ4n) is 4.55. The summed E-state index contributed by atoms with van der Waals surface area (Å²) >= 11 is 0. The zero-order valence-corrected chi connectivity index (χ0v) is 21.0. The summed E-state index contributed by atoms with van der Waals surface area (Å²) in [4.78, 5) is 25.8. The Kier molecular flexibility index (Phi) is 6.31. The number of carbonyl (C=O) groups excluding carboxylic acids is 1. The highest BCUT2D eigenvalue weighted by molar-refractivity contribution is 5.94. The molecule has 0 radical (unpaired) electrons. The highest BCUT2D eigenvalue weighted by atomic mass is 16.5. The van der Waals surface area contributed by atoms with Crippen LogP contribution in [0, 0.1) is 0 Å². The fourth-order valence-corrected chi connectivity index (χ4v) is 4.55. The summed E-state index contributed by atoms with van der Waals surface area (Å²) in [7, 11) is 1.50. The van der Waals surface area contributed by atoms with Crippen LogP contribution >= 0.6 is 0 Å². The first-order valence-electron chi connectivity index (χ1n) is 11.8. The quantitative estimate of drug-likeness (QED) is 0.119. The van der Waals surface area contributed by atoms with E-state index in [4.69, 9.17) is 18.6 Å². The van der Waals surface area contributed by atoms with Crippen LogP contribution in [0.1, 0.15) is 30.4 Å². The number of phenols is 3. The van der Waals surface area contributed by atoms with Gasteiger partial charge in [0.15, 0.2) is 28.8 Å². The summed E-state index contributed by atoms with van der Waals surface area (Å²) in [5, 5.41) is 40.7. The van der Waals surface area contributed by atoms with Crippen molar-refractivity contribution in [3.8, 4) is 51.6 Å². The van der Waals surface area contributed by atoms with Crippen molar-refractivity contribution in [3.63, 3.8) is 0 Å². The second kappa shape index (κ2) is 9.64. The Hall–Kier alpha value is -5.12. The lowest BCUT2D eigenvalue weighted by Crippen LogP contribution is -2.22. The zero-order chi connectivity index (χ0) is 28.0. The molecule has 0 spiro atoms. The topological polar surface area (TPSA) is 156 Å². The minimum Gasteiger partial charge on any atom is -0.507 e. The van der Waals surface area contributed by atoms with Gasteiger partial charge in [-0.25, -0.2) is 0 Å². The molecular weight excluding hydrogens is 508 g/mol. The highest BCUT2D eigenvalue weighted by Gasteiger charge is 2.35. The predicted molar refractivity (Wildman–Crippen MR) is 140 cm³/mol. The Morgan fingerprint density at radius 1 is 1.00 bits per heavy atom. The lowest BCUT2D eigenvalue weighted by Gasteiger charge is -2.26. The van der Waals surface area contributed by atoms with Gasteiger partial charge in [0.1, 0.15) is 29.1 Å². The van der Waals surface area contributed by atoms with E-state index in [0.717, 1.165) is 17.7 Å². The minimum atomic E-state index is -0.935. The van der Waals surface area contributed by atoms with E-state index in [1.807, 2.05) is 6.92 Å². The van der Waals surface area contributed by atoms with E-state index in [1.165, 1.54) is 19.2 Å².